The predicted octanol–water partition coefficient (Wildman–Crippen LogP) is 2.98. The SMILES string of the molecule is Cc1ccnc(NC2CCN(c3cc(C(F)(F)F)nc(C)n3)CC2)n1. The number of hydrogen-bond acceptors (Lipinski definition) is 6. The molecule has 0 saturated carbocycles. The molecule has 1 saturated heterocycles. The van der Waals surface area contributed by atoms with Gasteiger partial charge in [0, 0.05) is 37.1 Å². The Kier molecular flexibility index (Phi) is 4.73. The van der Waals surface area contributed by atoms with Gasteiger partial charge in [0.15, 0.2) is 0 Å². The van der Waals surface area contributed by atoms with E-state index in [0.717, 1.165) is 24.6 Å². The van der Waals surface area contributed by atoms with E-state index in [1.165, 1.54) is 6.92 Å². The molecule has 0 aliphatic carbocycles. The molecule has 1 aliphatic rings. The first-order valence-electron chi connectivity index (χ1n) is 8.05. The third-order valence-electron chi connectivity index (χ3n) is 4.06. The highest BCUT2D eigenvalue weighted by Crippen LogP contribution is 2.30. The average molecular weight is 352 g/mol. The van der Waals surface area contributed by atoms with Crippen LogP contribution in [0.1, 0.15) is 30.1 Å². The number of anilines is 2. The van der Waals surface area contributed by atoms with Gasteiger partial charge in [-0.1, -0.05) is 0 Å². The lowest BCUT2D eigenvalue weighted by molar-refractivity contribution is -0.141. The Morgan fingerprint density at radius 2 is 1.84 bits per heavy atom. The lowest BCUT2D eigenvalue weighted by Gasteiger charge is -2.33. The van der Waals surface area contributed by atoms with Gasteiger partial charge in [-0.15, -0.1) is 0 Å². The van der Waals surface area contributed by atoms with E-state index in [4.69, 9.17) is 0 Å². The first-order valence-corrected chi connectivity index (χ1v) is 8.05. The zero-order chi connectivity index (χ0) is 18.0. The quantitative estimate of drug-likeness (QED) is 0.916. The molecule has 0 unspecified atom stereocenters. The highest BCUT2D eigenvalue weighted by atomic mass is 19.4. The van der Waals surface area contributed by atoms with E-state index in [1.54, 1.807) is 6.20 Å². The minimum Gasteiger partial charge on any atom is -0.356 e. The topological polar surface area (TPSA) is 66.8 Å². The number of alkyl halides is 3. The Balaban J connectivity index is 1.65. The summed E-state index contributed by atoms with van der Waals surface area (Å²) in [6.07, 6.45) is -1.24. The Labute approximate surface area is 143 Å². The van der Waals surface area contributed by atoms with Gasteiger partial charge in [0.05, 0.1) is 0 Å². The fourth-order valence-corrected chi connectivity index (χ4v) is 2.81. The molecule has 134 valence electrons. The molecule has 2 aromatic heterocycles. The number of piperidine rings is 1. The van der Waals surface area contributed by atoms with Crippen molar-refractivity contribution in [3.05, 3.63) is 35.5 Å². The summed E-state index contributed by atoms with van der Waals surface area (Å²) in [6.45, 7) is 4.59. The average Bonchev–Trinajstić information content (AvgIpc) is 2.54. The fourth-order valence-electron chi connectivity index (χ4n) is 2.81. The van der Waals surface area contributed by atoms with Crippen molar-refractivity contribution in [3.8, 4) is 0 Å². The molecular formula is C16H19F3N6. The summed E-state index contributed by atoms with van der Waals surface area (Å²) < 4.78 is 38.8. The number of hydrogen-bond donors (Lipinski definition) is 1. The molecule has 2 aromatic rings. The molecule has 1 aliphatic heterocycles. The first kappa shape index (κ1) is 17.4. The van der Waals surface area contributed by atoms with Gasteiger partial charge in [-0.3, -0.25) is 0 Å². The van der Waals surface area contributed by atoms with Crippen molar-refractivity contribution in [3.63, 3.8) is 0 Å². The van der Waals surface area contributed by atoms with Crippen molar-refractivity contribution in [2.75, 3.05) is 23.3 Å². The highest BCUT2D eigenvalue weighted by molar-refractivity contribution is 5.41. The molecule has 1 fully saturated rings. The summed E-state index contributed by atoms with van der Waals surface area (Å²) >= 11 is 0. The monoisotopic (exact) mass is 352 g/mol. The molecule has 3 heterocycles. The first-order chi connectivity index (χ1) is 11.8. The second-order valence-electron chi connectivity index (χ2n) is 6.08. The van der Waals surface area contributed by atoms with Crippen molar-refractivity contribution in [1.82, 2.24) is 19.9 Å². The van der Waals surface area contributed by atoms with Crippen molar-refractivity contribution < 1.29 is 13.2 Å². The van der Waals surface area contributed by atoms with Crippen LogP contribution >= 0.6 is 0 Å². The number of aromatic nitrogens is 4. The molecule has 0 amide bonds. The van der Waals surface area contributed by atoms with E-state index in [9.17, 15) is 13.2 Å². The zero-order valence-electron chi connectivity index (χ0n) is 14.0. The van der Waals surface area contributed by atoms with Crippen LogP contribution in [0.2, 0.25) is 0 Å². The van der Waals surface area contributed by atoms with Crippen molar-refractivity contribution in [2.24, 2.45) is 0 Å². The van der Waals surface area contributed by atoms with Crippen LogP contribution in [0.3, 0.4) is 0 Å². The molecule has 0 bridgehead atoms. The van der Waals surface area contributed by atoms with Crippen LogP contribution in [0.15, 0.2) is 18.3 Å². The van der Waals surface area contributed by atoms with Gasteiger partial charge in [0.25, 0.3) is 0 Å². The molecule has 0 aromatic carbocycles. The lowest BCUT2D eigenvalue weighted by Crippen LogP contribution is -2.40. The molecular weight excluding hydrogens is 333 g/mol. The van der Waals surface area contributed by atoms with Gasteiger partial charge in [-0.2, -0.15) is 13.2 Å². The van der Waals surface area contributed by atoms with Crippen LogP contribution < -0.4 is 10.2 Å². The van der Waals surface area contributed by atoms with Crippen molar-refractivity contribution in [1.29, 1.82) is 0 Å². The maximum Gasteiger partial charge on any atom is 0.433 e. The summed E-state index contributed by atoms with van der Waals surface area (Å²) in [5.74, 6) is 1.03. The largest absolute Gasteiger partial charge is 0.433 e. The summed E-state index contributed by atoms with van der Waals surface area (Å²) in [4.78, 5) is 18.0. The minimum atomic E-state index is -4.47. The summed E-state index contributed by atoms with van der Waals surface area (Å²) in [6, 6.07) is 3.02. The number of rotatable bonds is 3. The number of aryl methyl sites for hydroxylation is 2. The number of nitrogens with one attached hydrogen (secondary N) is 1. The van der Waals surface area contributed by atoms with E-state index < -0.39 is 11.9 Å². The predicted molar refractivity (Wildman–Crippen MR) is 87.4 cm³/mol. The lowest BCUT2D eigenvalue weighted by atomic mass is 10.1. The number of halogens is 3. The van der Waals surface area contributed by atoms with Gasteiger partial charge >= 0.3 is 6.18 Å². The van der Waals surface area contributed by atoms with Crippen molar-refractivity contribution >= 4 is 11.8 Å². The van der Waals surface area contributed by atoms with Gasteiger partial charge in [0.1, 0.15) is 17.3 Å². The maximum atomic E-state index is 12.9. The number of nitrogens with zero attached hydrogens (tertiary/aromatic N) is 5. The van der Waals surface area contributed by atoms with E-state index in [0.29, 0.717) is 24.9 Å². The van der Waals surface area contributed by atoms with Gasteiger partial charge in [-0.25, -0.2) is 19.9 Å². The van der Waals surface area contributed by atoms with E-state index in [1.807, 2.05) is 17.9 Å². The van der Waals surface area contributed by atoms with Crippen molar-refractivity contribution in [2.45, 2.75) is 38.9 Å². The summed E-state index contributed by atoms with van der Waals surface area (Å²) in [5, 5.41) is 3.28. The molecule has 9 heteroatoms. The van der Waals surface area contributed by atoms with Crippen LogP contribution in [-0.2, 0) is 6.18 Å². The molecule has 6 nitrogen and oxygen atoms in total. The fraction of sp³-hybridized carbons (Fsp3) is 0.500. The van der Waals surface area contributed by atoms with Gasteiger partial charge in [-0.05, 0) is 32.8 Å². The highest BCUT2D eigenvalue weighted by Gasteiger charge is 2.34. The molecule has 3 rings (SSSR count). The zero-order valence-corrected chi connectivity index (χ0v) is 14.0. The van der Waals surface area contributed by atoms with E-state index >= 15 is 0 Å². The molecule has 0 atom stereocenters. The molecule has 25 heavy (non-hydrogen) atoms. The standard InChI is InChI=1S/C16H19F3N6/c1-10-3-6-20-15(21-10)24-12-4-7-25(8-5-12)14-9-13(16(17,18)19)22-11(2)23-14/h3,6,9,12H,4-5,7-8H2,1-2H3,(H,20,21,24). The normalized spacial score (nSPS) is 16.1. The minimum absolute atomic E-state index is 0.123. The van der Waals surface area contributed by atoms with E-state index in [-0.39, 0.29) is 11.9 Å². The Morgan fingerprint density at radius 3 is 2.48 bits per heavy atom. The van der Waals surface area contributed by atoms with Gasteiger partial charge < -0.3 is 10.2 Å². The van der Waals surface area contributed by atoms with Crippen LogP contribution in [0, 0.1) is 13.8 Å². The van der Waals surface area contributed by atoms with Crippen LogP contribution in [0.5, 0.6) is 0 Å². The van der Waals surface area contributed by atoms with Crippen LogP contribution in [0.4, 0.5) is 24.9 Å². The summed E-state index contributed by atoms with van der Waals surface area (Å²) in [7, 11) is 0. The van der Waals surface area contributed by atoms with Gasteiger partial charge in [0.2, 0.25) is 5.95 Å². The van der Waals surface area contributed by atoms with E-state index in [2.05, 4.69) is 25.3 Å². The third kappa shape index (κ3) is 4.34. The third-order valence-corrected chi connectivity index (χ3v) is 4.06. The Hall–Kier alpha value is -2.45. The smallest absolute Gasteiger partial charge is 0.356 e. The second-order valence-corrected chi connectivity index (χ2v) is 6.08. The maximum absolute atomic E-state index is 12.9. The molecule has 0 spiro atoms. The Morgan fingerprint density at radius 1 is 1.12 bits per heavy atom. The Bertz CT molecular complexity index is 741. The summed E-state index contributed by atoms with van der Waals surface area (Å²) in [5.41, 5.74) is -0.0190. The van der Waals surface area contributed by atoms with Crippen LogP contribution in [-0.4, -0.2) is 39.1 Å². The second kappa shape index (κ2) is 6.81. The molecule has 0 radical (unpaired) electrons. The van der Waals surface area contributed by atoms with Crippen LogP contribution in [0.25, 0.3) is 0 Å². The molecule has 1 N–H and O–H groups in total.